The van der Waals surface area contributed by atoms with Crippen LogP contribution in [0.1, 0.15) is 24.8 Å². The highest BCUT2D eigenvalue weighted by molar-refractivity contribution is 5.79. The van der Waals surface area contributed by atoms with Crippen LogP contribution in [0, 0.1) is 17.8 Å². The molecule has 22 heavy (non-hydrogen) atoms. The second-order valence-corrected chi connectivity index (χ2v) is 5.57. The van der Waals surface area contributed by atoms with Crippen molar-refractivity contribution in [1.82, 2.24) is 0 Å². The lowest BCUT2D eigenvalue weighted by Gasteiger charge is -2.29. The molecule has 2 atom stereocenters. The number of carboxylic acid groups (broad SMARTS) is 2. The van der Waals surface area contributed by atoms with Gasteiger partial charge in [-0.25, -0.2) is 0 Å². The van der Waals surface area contributed by atoms with Gasteiger partial charge in [0.1, 0.15) is 6.61 Å². The summed E-state index contributed by atoms with van der Waals surface area (Å²) in [5.74, 6) is -4.97. The number of ether oxygens (including phenoxy) is 1. The van der Waals surface area contributed by atoms with Crippen LogP contribution in [0.3, 0.4) is 0 Å². The molecule has 1 aliphatic rings. The summed E-state index contributed by atoms with van der Waals surface area (Å²) in [7, 11) is 0. The van der Waals surface area contributed by atoms with Crippen molar-refractivity contribution >= 4 is 17.9 Å². The zero-order chi connectivity index (χ0) is 16.1. The van der Waals surface area contributed by atoms with Crippen molar-refractivity contribution in [2.75, 3.05) is 0 Å². The molecule has 1 saturated carbocycles. The number of esters is 1. The molecule has 6 nitrogen and oxygen atoms in total. The van der Waals surface area contributed by atoms with Crippen LogP contribution in [-0.2, 0) is 25.7 Å². The fourth-order valence-corrected chi connectivity index (χ4v) is 2.76. The van der Waals surface area contributed by atoms with Crippen molar-refractivity contribution in [2.45, 2.75) is 25.9 Å². The molecule has 0 amide bonds. The lowest BCUT2D eigenvalue weighted by molar-refractivity contribution is -0.157. The normalized spacial score (nSPS) is 24.5. The van der Waals surface area contributed by atoms with Gasteiger partial charge in [-0.2, -0.15) is 0 Å². The Bertz CT molecular complexity index is 531. The molecule has 2 N–H and O–H groups in total. The predicted molar refractivity (Wildman–Crippen MR) is 75.8 cm³/mol. The van der Waals surface area contributed by atoms with Crippen LogP contribution in [0.5, 0.6) is 0 Å². The average Bonchev–Trinajstić information content (AvgIpc) is 2.53. The quantitative estimate of drug-likeness (QED) is 0.806. The SMILES string of the molecule is O=C(O)C1CC(C(=O)O)CC(C(=O)OCc2ccccc2)C1. The first-order chi connectivity index (χ1) is 10.5. The topological polar surface area (TPSA) is 101 Å². The number of hydrogen-bond acceptors (Lipinski definition) is 4. The van der Waals surface area contributed by atoms with E-state index < -0.39 is 35.7 Å². The van der Waals surface area contributed by atoms with Gasteiger partial charge in [-0.1, -0.05) is 30.3 Å². The fraction of sp³-hybridized carbons (Fsp3) is 0.438. The first kappa shape index (κ1) is 16.0. The van der Waals surface area contributed by atoms with Gasteiger partial charge >= 0.3 is 17.9 Å². The van der Waals surface area contributed by atoms with Gasteiger partial charge in [0.15, 0.2) is 0 Å². The second-order valence-electron chi connectivity index (χ2n) is 5.57. The Morgan fingerprint density at radius 2 is 1.41 bits per heavy atom. The third-order valence-electron chi connectivity index (χ3n) is 3.96. The molecule has 118 valence electrons. The second kappa shape index (κ2) is 7.06. The van der Waals surface area contributed by atoms with E-state index in [4.69, 9.17) is 14.9 Å². The number of rotatable bonds is 5. The minimum atomic E-state index is -1.06. The molecule has 0 spiro atoms. The van der Waals surface area contributed by atoms with Crippen molar-refractivity contribution in [3.8, 4) is 0 Å². The first-order valence-electron chi connectivity index (χ1n) is 7.13. The van der Waals surface area contributed by atoms with Gasteiger partial charge in [0.05, 0.1) is 17.8 Å². The molecule has 0 aromatic heterocycles. The number of carbonyl (C=O) groups is 3. The van der Waals surface area contributed by atoms with Crippen molar-refractivity contribution in [2.24, 2.45) is 17.8 Å². The van der Waals surface area contributed by atoms with Crippen LogP contribution < -0.4 is 0 Å². The molecule has 2 rings (SSSR count). The molecule has 0 bridgehead atoms. The van der Waals surface area contributed by atoms with Crippen LogP contribution in [-0.4, -0.2) is 28.1 Å². The third kappa shape index (κ3) is 4.07. The fourth-order valence-electron chi connectivity index (χ4n) is 2.76. The summed E-state index contributed by atoms with van der Waals surface area (Å²) >= 11 is 0. The van der Waals surface area contributed by atoms with E-state index >= 15 is 0 Å². The largest absolute Gasteiger partial charge is 0.481 e. The number of hydrogen-bond donors (Lipinski definition) is 2. The van der Waals surface area contributed by atoms with E-state index in [1.165, 1.54) is 0 Å². The minimum Gasteiger partial charge on any atom is -0.481 e. The molecule has 1 aromatic rings. The average molecular weight is 306 g/mol. The number of carboxylic acids is 2. The van der Waals surface area contributed by atoms with Gasteiger partial charge < -0.3 is 14.9 Å². The lowest BCUT2D eigenvalue weighted by Crippen LogP contribution is -2.35. The molecule has 1 fully saturated rings. The Morgan fingerprint density at radius 1 is 0.909 bits per heavy atom. The standard InChI is InChI=1S/C16H18O6/c17-14(18)11-6-12(15(19)20)8-13(7-11)16(21)22-9-10-4-2-1-3-5-10/h1-5,11-13H,6-9H2,(H,17,18)(H,19,20). The number of carbonyl (C=O) groups excluding carboxylic acids is 1. The predicted octanol–water partition coefficient (Wildman–Crippen LogP) is 1.93. The maximum absolute atomic E-state index is 12.1. The molecule has 2 unspecified atom stereocenters. The zero-order valence-corrected chi connectivity index (χ0v) is 12.0. The highest BCUT2D eigenvalue weighted by Gasteiger charge is 2.39. The Kier molecular flexibility index (Phi) is 5.14. The number of aliphatic carboxylic acids is 2. The summed E-state index contributed by atoms with van der Waals surface area (Å²) < 4.78 is 5.20. The van der Waals surface area contributed by atoms with Crippen LogP contribution in [0.15, 0.2) is 30.3 Å². The summed E-state index contributed by atoms with van der Waals surface area (Å²) in [4.78, 5) is 34.3. The summed E-state index contributed by atoms with van der Waals surface area (Å²) in [6.45, 7) is 0.103. The smallest absolute Gasteiger partial charge is 0.309 e. The molecule has 6 heteroatoms. The van der Waals surface area contributed by atoms with E-state index in [1.807, 2.05) is 30.3 Å². The van der Waals surface area contributed by atoms with Gasteiger partial charge in [0, 0.05) is 0 Å². The highest BCUT2D eigenvalue weighted by atomic mass is 16.5. The maximum Gasteiger partial charge on any atom is 0.309 e. The van der Waals surface area contributed by atoms with Crippen molar-refractivity contribution in [3.63, 3.8) is 0 Å². The van der Waals surface area contributed by atoms with Gasteiger partial charge in [-0.3, -0.25) is 14.4 Å². The minimum absolute atomic E-state index is 0.0626. The Morgan fingerprint density at radius 3 is 1.91 bits per heavy atom. The van der Waals surface area contributed by atoms with Crippen molar-refractivity contribution in [1.29, 1.82) is 0 Å². The summed E-state index contributed by atoms with van der Waals surface area (Å²) in [6, 6.07) is 9.12. The molecule has 0 heterocycles. The Labute approximate surface area is 127 Å². The molecule has 0 saturated heterocycles. The van der Waals surface area contributed by atoms with Crippen LogP contribution >= 0.6 is 0 Å². The molecule has 1 aliphatic carbocycles. The summed E-state index contributed by atoms with van der Waals surface area (Å²) in [5, 5.41) is 18.2. The molecule has 0 radical (unpaired) electrons. The van der Waals surface area contributed by atoms with E-state index in [9.17, 15) is 14.4 Å². The lowest BCUT2D eigenvalue weighted by atomic mass is 9.75. The molecular formula is C16H18O6. The van der Waals surface area contributed by atoms with Crippen LogP contribution in [0.25, 0.3) is 0 Å². The Balaban J connectivity index is 1.98. The van der Waals surface area contributed by atoms with Crippen LogP contribution in [0.2, 0.25) is 0 Å². The van der Waals surface area contributed by atoms with E-state index in [1.54, 1.807) is 0 Å². The van der Waals surface area contributed by atoms with E-state index in [0.717, 1.165) is 5.56 Å². The third-order valence-corrected chi connectivity index (χ3v) is 3.96. The van der Waals surface area contributed by atoms with Gasteiger partial charge in [0.25, 0.3) is 0 Å². The van der Waals surface area contributed by atoms with Gasteiger partial charge in [0.2, 0.25) is 0 Å². The highest BCUT2D eigenvalue weighted by Crippen LogP contribution is 2.34. The molecule has 1 aromatic carbocycles. The summed E-state index contributed by atoms with van der Waals surface area (Å²) in [6.07, 6.45) is 0.326. The monoisotopic (exact) mass is 306 g/mol. The first-order valence-corrected chi connectivity index (χ1v) is 7.13. The molecule has 0 aliphatic heterocycles. The maximum atomic E-state index is 12.1. The Hall–Kier alpha value is -2.37. The van der Waals surface area contributed by atoms with Crippen LogP contribution in [0.4, 0.5) is 0 Å². The van der Waals surface area contributed by atoms with E-state index in [0.29, 0.717) is 0 Å². The van der Waals surface area contributed by atoms with E-state index in [2.05, 4.69) is 0 Å². The van der Waals surface area contributed by atoms with E-state index in [-0.39, 0.29) is 25.9 Å². The number of benzene rings is 1. The van der Waals surface area contributed by atoms with Crippen molar-refractivity contribution < 1.29 is 29.3 Å². The van der Waals surface area contributed by atoms with Crippen molar-refractivity contribution in [3.05, 3.63) is 35.9 Å². The zero-order valence-electron chi connectivity index (χ0n) is 12.0. The summed E-state index contributed by atoms with van der Waals surface area (Å²) in [5.41, 5.74) is 0.830. The van der Waals surface area contributed by atoms with Gasteiger partial charge in [-0.05, 0) is 24.8 Å². The van der Waals surface area contributed by atoms with Gasteiger partial charge in [-0.15, -0.1) is 0 Å². The molecular weight excluding hydrogens is 288 g/mol.